The average Bonchev–Trinajstić information content (AvgIpc) is 2.04. The Balaban J connectivity index is 2.66. The molecule has 0 aliphatic heterocycles. The first-order valence-corrected chi connectivity index (χ1v) is 3.36. The Morgan fingerprint density at radius 2 is 1.91 bits per heavy atom. The molecule has 1 aromatic rings. The fraction of sp³-hybridized carbons (Fsp3) is 0.111. The Morgan fingerprint density at radius 1 is 1.27 bits per heavy atom. The summed E-state index contributed by atoms with van der Waals surface area (Å²) in [6.07, 6.45) is 2.51. The van der Waals surface area contributed by atoms with E-state index < -0.39 is 0 Å². The third kappa shape index (κ3) is 2.42. The molecule has 0 radical (unpaired) electrons. The molecule has 0 aliphatic carbocycles. The summed E-state index contributed by atoms with van der Waals surface area (Å²) in [4.78, 5) is 0. The number of phenolic OH excluding ortho intramolecular Hbond substituents is 1. The molecule has 0 aromatic heterocycles. The van der Waals surface area contributed by atoms with Crippen molar-refractivity contribution >= 4 is 0 Å². The van der Waals surface area contributed by atoms with Gasteiger partial charge in [0.05, 0.1) is 6.33 Å². The van der Waals surface area contributed by atoms with Crippen LogP contribution in [0.2, 0.25) is 0 Å². The molecule has 0 heterocycles. The van der Waals surface area contributed by atoms with Gasteiger partial charge in [0.1, 0.15) is 5.75 Å². The summed E-state index contributed by atoms with van der Waals surface area (Å²) >= 11 is 0. The van der Waals surface area contributed by atoms with Crippen LogP contribution >= 0.6 is 0 Å². The molecule has 1 rings (SSSR count). The largest absolute Gasteiger partial charge is 0.508 e. The molecule has 0 fully saturated rings. The predicted octanol–water partition coefficient (Wildman–Crippen LogP) is 2.42. The minimum Gasteiger partial charge on any atom is -0.508 e. The predicted molar refractivity (Wildman–Crippen MR) is 42.1 cm³/mol. The number of allylic oxidation sites excluding steroid dienone is 1. The Kier molecular flexibility index (Phi) is 2.66. The van der Waals surface area contributed by atoms with Crippen molar-refractivity contribution in [3.63, 3.8) is 0 Å². The number of rotatable bonds is 2. The van der Waals surface area contributed by atoms with E-state index in [-0.39, 0.29) is 5.75 Å². The van der Waals surface area contributed by atoms with Crippen LogP contribution in [0, 0.1) is 0 Å². The van der Waals surface area contributed by atoms with Crippen molar-refractivity contribution in [2.75, 3.05) is 0 Å². The van der Waals surface area contributed by atoms with E-state index in [1.165, 1.54) is 6.08 Å². The second-order valence-corrected chi connectivity index (χ2v) is 2.23. The fourth-order valence-electron chi connectivity index (χ4n) is 0.813. The van der Waals surface area contributed by atoms with Gasteiger partial charge in [-0.3, -0.25) is 0 Å². The van der Waals surface area contributed by atoms with Gasteiger partial charge in [-0.15, -0.1) is 0 Å². The molecule has 1 N–H and O–H groups in total. The number of hydrogen-bond acceptors (Lipinski definition) is 1. The Bertz CT molecular complexity index is 238. The van der Waals surface area contributed by atoms with Crippen LogP contribution in [0.4, 0.5) is 4.39 Å². The maximum atomic E-state index is 11.5. The molecular weight excluding hydrogens is 143 g/mol. The van der Waals surface area contributed by atoms with Crippen LogP contribution in [0.1, 0.15) is 5.56 Å². The summed E-state index contributed by atoms with van der Waals surface area (Å²) in [7, 11) is 0. The van der Waals surface area contributed by atoms with Gasteiger partial charge in [-0.05, 0) is 24.1 Å². The smallest absolute Gasteiger partial charge is 0.115 e. The van der Waals surface area contributed by atoms with Crippen molar-refractivity contribution in [2.24, 2.45) is 0 Å². The molecule has 58 valence electrons. The molecule has 0 unspecified atom stereocenters. The molecule has 1 nitrogen and oxygen atoms in total. The van der Waals surface area contributed by atoms with Crippen molar-refractivity contribution in [1.29, 1.82) is 0 Å². The number of hydrogen-bond donors (Lipinski definition) is 1. The normalized spacial score (nSPS) is 10.6. The van der Waals surface area contributed by atoms with Crippen molar-refractivity contribution in [1.82, 2.24) is 0 Å². The first-order chi connectivity index (χ1) is 5.33. The van der Waals surface area contributed by atoms with Crippen molar-refractivity contribution in [3.8, 4) is 5.75 Å². The zero-order chi connectivity index (χ0) is 8.10. The van der Waals surface area contributed by atoms with Gasteiger partial charge in [0.25, 0.3) is 0 Å². The van der Waals surface area contributed by atoms with Gasteiger partial charge in [-0.2, -0.15) is 0 Å². The van der Waals surface area contributed by atoms with Crippen molar-refractivity contribution in [2.45, 2.75) is 6.42 Å². The molecule has 0 saturated carbocycles. The third-order valence-electron chi connectivity index (χ3n) is 1.38. The minimum absolute atomic E-state index is 0.234. The lowest BCUT2D eigenvalue weighted by Crippen LogP contribution is -1.77. The molecule has 0 aliphatic rings. The van der Waals surface area contributed by atoms with E-state index in [1.807, 2.05) is 0 Å². The van der Waals surface area contributed by atoms with E-state index in [2.05, 4.69) is 0 Å². The maximum absolute atomic E-state index is 11.5. The first-order valence-electron chi connectivity index (χ1n) is 3.36. The lowest BCUT2D eigenvalue weighted by Gasteiger charge is -1.94. The summed E-state index contributed by atoms with van der Waals surface area (Å²) in [5, 5.41) is 8.89. The number of halogens is 1. The van der Waals surface area contributed by atoms with Crippen LogP contribution in [-0.4, -0.2) is 5.11 Å². The Morgan fingerprint density at radius 3 is 2.45 bits per heavy atom. The molecule has 0 atom stereocenters. The van der Waals surface area contributed by atoms with Crippen LogP contribution < -0.4 is 0 Å². The van der Waals surface area contributed by atoms with Gasteiger partial charge in [0.15, 0.2) is 0 Å². The lowest BCUT2D eigenvalue weighted by molar-refractivity contribution is 0.475. The van der Waals surface area contributed by atoms with Gasteiger partial charge >= 0.3 is 0 Å². The highest BCUT2D eigenvalue weighted by atomic mass is 19.1. The highest BCUT2D eigenvalue weighted by molar-refractivity contribution is 5.26. The van der Waals surface area contributed by atoms with Crippen LogP contribution in [0.5, 0.6) is 5.75 Å². The topological polar surface area (TPSA) is 20.2 Å². The van der Waals surface area contributed by atoms with Crippen LogP contribution in [-0.2, 0) is 6.42 Å². The average molecular weight is 152 g/mol. The van der Waals surface area contributed by atoms with Crippen LogP contribution in [0.15, 0.2) is 36.7 Å². The van der Waals surface area contributed by atoms with E-state index in [0.29, 0.717) is 12.8 Å². The Hall–Kier alpha value is -1.31. The molecule has 0 amide bonds. The van der Waals surface area contributed by atoms with E-state index in [0.717, 1.165) is 5.56 Å². The van der Waals surface area contributed by atoms with Crippen LogP contribution in [0.25, 0.3) is 0 Å². The second kappa shape index (κ2) is 3.76. The summed E-state index contributed by atoms with van der Waals surface area (Å²) < 4.78 is 11.5. The molecule has 2 heteroatoms. The van der Waals surface area contributed by atoms with Crippen molar-refractivity contribution < 1.29 is 9.50 Å². The quantitative estimate of drug-likeness (QED) is 0.690. The number of benzene rings is 1. The number of phenols is 1. The standard InChI is InChI=1S/C9H9FO/c10-7-1-2-8-3-5-9(11)6-4-8/h1,3-7,11H,2H2. The van der Waals surface area contributed by atoms with E-state index in [4.69, 9.17) is 5.11 Å². The summed E-state index contributed by atoms with van der Waals surface area (Å²) in [5.74, 6) is 0.234. The van der Waals surface area contributed by atoms with Crippen LogP contribution in [0.3, 0.4) is 0 Å². The van der Waals surface area contributed by atoms with Gasteiger partial charge in [0, 0.05) is 0 Å². The molecular formula is C9H9FO. The fourth-order valence-corrected chi connectivity index (χ4v) is 0.813. The van der Waals surface area contributed by atoms with E-state index in [1.54, 1.807) is 24.3 Å². The molecule has 0 spiro atoms. The monoisotopic (exact) mass is 152 g/mol. The lowest BCUT2D eigenvalue weighted by atomic mass is 10.1. The molecule has 0 saturated heterocycles. The van der Waals surface area contributed by atoms with Gasteiger partial charge in [-0.25, -0.2) is 4.39 Å². The molecule has 0 bridgehead atoms. The van der Waals surface area contributed by atoms with Gasteiger partial charge in [-0.1, -0.05) is 18.2 Å². The highest BCUT2D eigenvalue weighted by Crippen LogP contribution is 2.09. The molecule has 1 aromatic carbocycles. The van der Waals surface area contributed by atoms with E-state index in [9.17, 15) is 4.39 Å². The highest BCUT2D eigenvalue weighted by Gasteiger charge is 1.88. The zero-order valence-corrected chi connectivity index (χ0v) is 6.00. The SMILES string of the molecule is Oc1ccc(CC=CF)cc1. The number of aromatic hydroxyl groups is 1. The van der Waals surface area contributed by atoms with Gasteiger partial charge < -0.3 is 5.11 Å². The second-order valence-electron chi connectivity index (χ2n) is 2.23. The maximum Gasteiger partial charge on any atom is 0.115 e. The molecule has 11 heavy (non-hydrogen) atoms. The Labute approximate surface area is 64.8 Å². The first kappa shape index (κ1) is 7.79. The van der Waals surface area contributed by atoms with E-state index >= 15 is 0 Å². The summed E-state index contributed by atoms with van der Waals surface area (Å²) in [6, 6.07) is 6.69. The zero-order valence-electron chi connectivity index (χ0n) is 6.00. The van der Waals surface area contributed by atoms with Gasteiger partial charge in [0.2, 0.25) is 0 Å². The minimum atomic E-state index is 0.234. The summed E-state index contributed by atoms with van der Waals surface area (Å²) in [5.41, 5.74) is 0.983. The van der Waals surface area contributed by atoms with Crippen molar-refractivity contribution in [3.05, 3.63) is 42.2 Å². The third-order valence-corrected chi connectivity index (χ3v) is 1.38. The summed E-state index contributed by atoms with van der Waals surface area (Å²) in [6.45, 7) is 0.